The van der Waals surface area contributed by atoms with Crippen molar-refractivity contribution in [2.45, 2.75) is 13.0 Å². The maximum atomic E-state index is 12.2. The Morgan fingerprint density at radius 1 is 1.24 bits per heavy atom. The van der Waals surface area contributed by atoms with Crippen molar-refractivity contribution in [3.63, 3.8) is 0 Å². The summed E-state index contributed by atoms with van der Waals surface area (Å²) in [6.45, 7) is 1.45. The number of fused-ring (bicyclic) bond motifs is 1. The van der Waals surface area contributed by atoms with Gasteiger partial charge in [0, 0.05) is 10.9 Å². The number of aromatic amines is 1. The average Bonchev–Trinajstić information content (AvgIpc) is 3.20. The van der Waals surface area contributed by atoms with Crippen LogP contribution in [0, 0.1) is 0 Å². The van der Waals surface area contributed by atoms with Gasteiger partial charge in [-0.2, -0.15) is 0 Å². The van der Waals surface area contributed by atoms with Gasteiger partial charge in [0.25, 0.3) is 11.8 Å². The Bertz CT molecular complexity index is 927. The van der Waals surface area contributed by atoms with Gasteiger partial charge in [-0.3, -0.25) is 9.59 Å². The molecule has 2 amide bonds. The van der Waals surface area contributed by atoms with Gasteiger partial charge in [0.2, 0.25) is 0 Å². The Balaban J connectivity index is 1.67. The van der Waals surface area contributed by atoms with Crippen molar-refractivity contribution in [1.29, 1.82) is 0 Å². The number of primary amides is 1. The summed E-state index contributed by atoms with van der Waals surface area (Å²) in [7, 11) is 0. The van der Waals surface area contributed by atoms with Crippen molar-refractivity contribution in [2.24, 2.45) is 5.73 Å². The van der Waals surface area contributed by atoms with Crippen molar-refractivity contribution in [1.82, 2.24) is 4.98 Å². The van der Waals surface area contributed by atoms with Crippen LogP contribution in [-0.2, 0) is 9.53 Å². The first-order valence-electron chi connectivity index (χ1n) is 7.42. The number of nitrogens with one attached hydrogen (secondary N) is 2. The Kier molecular flexibility index (Phi) is 4.53. The van der Waals surface area contributed by atoms with E-state index in [9.17, 15) is 14.4 Å². The van der Waals surface area contributed by atoms with Gasteiger partial charge in [-0.1, -0.05) is 18.2 Å². The Labute approximate surface area is 146 Å². The third-order valence-corrected chi connectivity index (χ3v) is 4.40. The minimum Gasteiger partial charge on any atom is -0.448 e. The molecule has 0 bridgehead atoms. The van der Waals surface area contributed by atoms with E-state index in [0.29, 0.717) is 5.00 Å². The highest BCUT2D eigenvalue weighted by Gasteiger charge is 2.22. The summed E-state index contributed by atoms with van der Waals surface area (Å²) >= 11 is 1.16. The maximum Gasteiger partial charge on any atom is 0.355 e. The number of carbonyl (C=O) groups excluding carboxylic acids is 3. The summed E-state index contributed by atoms with van der Waals surface area (Å²) in [4.78, 5) is 38.6. The second-order valence-electron chi connectivity index (χ2n) is 5.33. The van der Waals surface area contributed by atoms with Crippen LogP contribution in [-0.4, -0.2) is 28.9 Å². The molecule has 0 aliphatic heterocycles. The largest absolute Gasteiger partial charge is 0.448 e. The van der Waals surface area contributed by atoms with E-state index in [-0.39, 0.29) is 11.3 Å². The number of nitrogens with two attached hydrogens (primary N) is 1. The number of thiophene rings is 1. The minimum atomic E-state index is -1.04. The molecule has 0 radical (unpaired) electrons. The second-order valence-corrected chi connectivity index (χ2v) is 6.25. The number of aromatic nitrogens is 1. The lowest BCUT2D eigenvalue weighted by Gasteiger charge is -2.12. The molecule has 1 atom stereocenters. The van der Waals surface area contributed by atoms with Gasteiger partial charge < -0.3 is 20.8 Å². The van der Waals surface area contributed by atoms with E-state index in [0.717, 1.165) is 22.2 Å². The predicted octanol–water partition coefficient (Wildman–Crippen LogP) is 2.51. The summed E-state index contributed by atoms with van der Waals surface area (Å²) in [5.41, 5.74) is 6.51. The Morgan fingerprint density at radius 3 is 2.72 bits per heavy atom. The molecule has 0 fully saturated rings. The number of hydrogen-bond acceptors (Lipinski definition) is 5. The van der Waals surface area contributed by atoms with E-state index in [1.54, 1.807) is 11.4 Å². The molecule has 4 N–H and O–H groups in total. The van der Waals surface area contributed by atoms with Crippen LogP contribution in [0.3, 0.4) is 0 Å². The van der Waals surface area contributed by atoms with E-state index in [4.69, 9.17) is 10.5 Å². The number of benzene rings is 1. The fourth-order valence-electron chi connectivity index (χ4n) is 2.27. The van der Waals surface area contributed by atoms with Crippen LogP contribution in [0.4, 0.5) is 5.00 Å². The second kappa shape index (κ2) is 6.78. The van der Waals surface area contributed by atoms with Gasteiger partial charge in [0.05, 0.1) is 5.56 Å². The molecule has 3 aromatic rings. The molecule has 2 heterocycles. The molecule has 7 nitrogen and oxygen atoms in total. The monoisotopic (exact) mass is 357 g/mol. The summed E-state index contributed by atoms with van der Waals surface area (Å²) in [6.07, 6.45) is -1.04. The lowest BCUT2D eigenvalue weighted by Crippen LogP contribution is -2.30. The van der Waals surface area contributed by atoms with Crippen molar-refractivity contribution >= 4 is 45.0 Å². The molecule has 25 heavy (non-hydrogen) atoms. The normalized spacial score (nSPS) is 11.9. The van der Waals surface area contributed by atoms with Crippen molar-refractivity contribution in [2.75, 3.05) is 5.32 Å². The molecule has 1 aromatic carbocycles. The molecule has 0 aliphatic rings. The van der Waals surface area contributed by atoms with E-state index < -0.39 is 23.9 Å². The number of carbonyl (C=O) groups is 3. The van der Waals surface area contributed by atoms with E-state index in [1.165, 1.54) is 13.0 Å². The maximum absolute atomic E-state index is 12.2. The van der Waals surface area contributed by atoms with Gasteiger partial charge in [0.15, 0.2) is 6.10 Å². The van der Waals surface area contributed by atoms with Crippen molar-refractivity contribution in [3.8, 4) is 0 Å². The first kappa shape index (κ1) is 16.7. The van der Waals surface area contributed by atoms with Gasteiger partial charge in [-0.15, -0.1) is 11.3 Å². The average molecular weight is 357 g/mol. The third kappa shape index (κ3) is 3.53. The smallest absolute Gasteiger partial charge is 0.355 e. The first-order chi connectivity index (χ1) is 12.0. The number of para-hydroxylation sites is 1. The van der Waals surface area contributed by atoms with Crippen LogP contribution >= 0.6 is 11.3 Å². The standard InChI is InChI=1S/C17H15N3O4S/c1-9(15(22)20-16-11(14(18)21)6-7-25-16)24-17(23)13-8-10-4-2-3-5-12(10)19-13/h2-9,19H,1H3,(H2,18,21)(H,20,22)/t9-/m0/s1. The highest BCUT2D eigenvalue weighted by Crippen LogP contribution is 2.23. The molecular formula is C17H15N3O4S. The first-order valence-corrected chi connectivity index (χ1v) is 8.30. The molecule has 0 saturated carbocycles. The zero-order valence-corrected chi connectivity index (χ0v) is 14.1. The zero-order chi connectivity index (χ0) is 18.0. The highest BCUT2D eigenvalue weighted by atomic mass is 32.1. The highest BCUT2D eigenvalue weighted by molar-refractivity contribution is 7.14. The van der Waals surface area contributed by atoms with Crippen LogP contribution in [0.15, 0.2) is 41.8 Å². The van der Waals surface area contributed by atoms with Crippen molar-refractivity contribution in [3.05, 3.63) is 53.0 Å². The number of H-pyrrole nitrogens is 1. The number of esters is 1. The van der Waals surface area contributed by atoms with E-state index in [2.05, 4.69) is 10.3 Å². The molecule has 3 rings (SSSR count). The van der Waals surface area contributed by atoms with Gasteiger partial charge in [-0.25, -0.2) is 4.79 Å². The number of rotatable bonds is 5. The van der Waals surface area contributed by atoms with Gasteiger partial charge in [0.1, 0.15) is 10.7 Å². The molecule has 0 unspecified atom stereocenters. The number of anilines is 1. The topological polar surface area (TPSA) is 114 Å². The summed E-state index contributed by atoms with van der Waals surface area (Å²) in [5, 5.41) is 5.38. The van der Waals surface area contributed by atoms with Crippen LogP contribution in [0.2, 0.25) is 0 Å². The lowest BCUT2D eigenvalue weighted by molar-refractivity contribution is -0.123. The van der Waals surface area contributed by atoms with Crippen LogP contribution in [0.25, 0.3) is 10.9 Å². The van der Waals surface area contributed by atoms with Crippen LogP contribution in [0.1, 0.15) is 27.8 Å². The summed E-state index contributed by atoms with van der Waals surface area (Å²) in [5.74, 6) is -1.83. The molecule has 2 aromatic heterocycles. The Hall–Kier alpha value is -3.13. The molecular weight excluding hydrogens is 342 g/mol. The SMILES string of the molecule is C[C@H](OC(=O)c1cc2ccccc2[nH]1)C(=O)Nc1sccc1C(N)=O. The van der Waals surface area contributed by atoms with Gasteiger partial charge in [-0.05, 0) is 30.5 Å². The van der Waals surface area contributed by atoms with E-state index >= 15 is 0 Å². The minimum absolute atomic E-state index is 0.215. The fourth-order valence-corrected chi connectivity index (χ4v) is 3.07. The number of ether oxygens (including phenoxy) is 1. The Morgan fingerprint density at radius 2 is 2.00 bits per heavy atom. The van der Waals surface area contributed by atoms with Crippen molar-refractivity contribution < 1.29 is 19.1 Å². The molecule has 0 saturated heterocycles. The lowest BCUT2D eigenvalue weighted by atomic mass is 10.2. The van der Waals surface area contributed by atoms with Crippen LogP contribution in [0.5, 0.6) is 0 Å². The summed E-state index contributed by atoms with van der Waals surface area (Å²) < 4.78 is 5.18. The molecule has 0 spiro atoms. The number of hydrogen-bond donors (Lipinski definition) is 3. The molecule has 8 heteroatoms. The zero-order valence-electron chi connectivity index (χ0n) is 13.2. The molecule has 0 aliphatic carbocycles. The van der Waals surface area contributed by atoms with E-state index in [1.807, 2.05) is 24.3 Å². The summed E-state index contributed by atoms with van der Waals surface area (Å²) in [6, 6.07) is 10.6. The van der Waals surface area contributed by atoms with Crippen LogP contribution < -0.4 is 11.1 Å². The number of amides is 2. The predicted molar refractivity (Wildman–Crippen MR) is 94.6 cm³/mol. The van der Waals surface area contributed by atoms with Gasteiger partial charge >= 0.3 is 5.97 Å². The molecule has 128 valence electrons. The third-order valence-electron chi connectivity index (χ3n) is 3.57. The fraction of sp³-hybridized carbons (Fsp3) is 0.118. The quantitative estimate of drug-likeness (QED) is 0.609.